The third-order valence-corrected chi connectivity index (χ3v) is 3.63. The van der Waals surface area contributed by atoms with E-state index < -0.39 is 0 Å². The monoisotopic (exact) mass is 258 g/mol. The zero-order valence-electron chi connectivity index (χ0n) is 10.9. The maximum absolute atomic E-state index is 5.61. The first-order chi connectivity index (χ1) is 9.31. The van der Waals surface area contributed by atoms with Crippen LogP contribution in [0.5, 0.6) is 0 Å². The molecular formula is C14H18N4O. The van der Waals surface area contributed by atoms with Gasteiger partial charge in [-0.15, -0.1) is 0 Å². The molecule has 0 saturated heterocycles. The Labute approximate surface area is 112 Å². The third-order valence-electron chi connectivity index (χ3n) is 3.63. The zero-order chi connectivity index (χ0) is 13.1. The van der Waals surface area contributed by atoms with Crippen molar-refractivity contribution in [2.45, 2.75) is 44.4 Å². The molecule has 1 fully saturated rings. The van der Waals surface area contributed by atoms with E-state index in [1.165, 1.54) is 32.1 Å². The van der Waals surface area contributed by atoms with E-state index in [9.17, 15) is 0 Å². The molecule has 2 N–H and O–H groups in total. The Kier molecular flexibility index (Phi) is 3.44. The van der Waals surface area contributed by atoms with Crippen molar-refractivity contribution in [1.82, 2.24) is 15.1 Å². The minimum atomic E-state index is 0.477. The van der Waals surface area contributed by atoms with E-state index in [2.05, 4.69) is 15.1 Å². The molecule has 2 heterocycles. The Balaban J connectivity index is 1.68. The van der Waals surface area contributed by atoms with Crippen molar-refractivity contribution in [2.24, 2.45) is 0 Å². The van der Waals surface area contributed by atoms with Gasteiger partial charge in [0.1, 0.15) is 0 Å². The summed E-state index contributed by atoms with van der Waals surface area (Å²) in [6.07, 6.45) is 8.45. The first-order valence-electron chi connectivity index (χ1n) is 6.84. The molecule has 19 heavy (non-hydrogen) atoms. The second kappa shape index (κ2) is 5.38. The summed E-state index contributed by atoms with van der Waals surface area (Å²) in [5.74, 6) is 1.98. The summed E-state index contributed by atoms with van der Waals surface area (Å²) in [6, 6.07) is 3.72. The second-order valence-electron chi connectivity index (χ2n) is 5.14. The normalized spacial score (nSPS) is 16.6. The first kappa shape index (κ1) is 12.1. The van der Waals surface area contributed by atoms with Crippen LogP contribution in [0.2, 0.25) is 0 Å². The van der Waals surface area contributed by atoms with Crippen LogP contribution in [0.15, 0.2) is 22.9 Å². The highest BCUT2D eigenvalue weighted by Gasteiger charge is 2.20. The van der Waals surface area contributed by atoms with E-state index in [4.69, 9.17) is 10.3 Å². The quantitative estimate of drug-likeness (QED) is 0.915. The van der Waals surface area contributed by atoms with E-state index >= 15 is 0 Å². The Morgan fingerprint density at radius 1 is 1.21 bits per heavy atom. The molecule has 0 amide bonds. The summed E-state index contributed by atoms with van der Waals surface area (Å²) in [5, 5.41) is 4.11. The van der Waals surface area contributed by atoms with Crippen molar-refractivity contribution in [3.8, 4) is 0 Å². The maximum atomic E-state index is 5.61. The Morgan fingerprint density at radius 3 is 2.79 bits per heavy atom. The molecule has 5 nitrogen and oxygen atoms in total. The zero-order valence-corrected chi connectivity index (χ0v) is 10.9. The maximum Gasteiger partial charge on any atom is 0.232 e. The molecule has 0 spiro atoms. The Bertz CT molecular complexity index is 529. The van der Waals surface area contributed by atoms with Gasteiger partial charge in [0, 0.05) is 11.6 Å². The van der Waals surface area contributed by atoms with Crippen LogP contribution < -0.4 is 5.73 Å². The van der Waals surface area contributed by atoms with Gasteiger partial charge >= 0.3 is 0 Å². The molecule has 100 valence electrons. The highest BCUT2D eigenvalue weighted by atomic mass is 16.5. The number of nitrogens with two attached hydrogens (primary N) is 1. The summed E-state index contributed by atoms with van der Waals surface area (Å²) in [7, 11) is 0. The fourth-order valence-corrected chi connectivity index (χ4v) is 2.56. The lowest BCUT2D eigenvalue weighted by Gasteiger charge is -2.17. The van der Waals surface area contributed by atoms with Gasteiger partial charge in [0.05, 0.1) is 18.3 Å². The number of nitrogens with zero attached hydrogens (tertiary/aromatic N) is 3. The van der Waals surface area contributed by atoms with E-state index in [1.807, 2.05) is 12.1 Å². The molecular weight excluding hydrogens is 240 g/mol. The molecule has 0 unspecified atom stereocenters. The Morgan fingerprint density at radius 2 is 2.05 bits per heavy atom. The molecule has 5 heteroatoms. The van der Waals surface area contributed by atoms with Gasteiger partial charge < -0.3 is 10.3 Å². The Hall–Kier alpha value is -1.91. The minimum Gasteiger partial charge on any atom is -0.397 e. The van der Waals surface area contributed by atoms with Gasteiger partial charge in [-0.25, -0.2) is 0 Å². The molecule has 0 aliphatic heterocycles. The average molecular weight is 258 g/mol. The summed E-state index contributed by atoms with van der Waals surface area (Å²) < 4.78 is 5.32. The van der Waals surface area contributed by atoms with Gasteiger partial charge in [-0.1, -0.05) is 24.4 Å². The van der Waals surface area contributed by atoms with Crippen molar-refractivity contribution in [3.05, 3.63) is 35.7 Å². The lowest BCUT2D eigenvalue weighted by molar-refractivity contribution is 0.361. The fourth-order valence-electron chi connectivity index (χ4n) is 2.56. The molecule has 1 aliphatic carbocycles. The molecule has 3 rings (SSSR count). The van der Waals surface area contributed by atoms with Crippen LogP contribution in [-0.4, -0.2) is 15.1 Å². The van der Waals surface area contributed by atoms with Crippen molar-refractivity contribution in [3.63, 3.8) is 0 Å². The van der Waals surface area contributed by atoms with Crippen LogP contribution in [0.1, 0.15) is 55.4 Å². The van der Waals surface area contributed by atoms with Crippen molar-refractivity contribution in [1.29, 1.82) is 0 Å². The standard InChI is InChI=1S/C14H18N4O/c15-11-6-7-12(16-9-11)8-13-17-14(18-19-13)10-4-2-1-3-5-10/h6-7,9-10H,1-5,8,15H2. The van der Waals surface area contributed by atoms with Crippen molar-refractivity contribution >= 4 is 5.69 Å². The average Bonchev–Trinajstić information content (AvgIpc) is 2.91. The van der Waals surface area contributed by atoms with Crippen molar-refractivity contribution in [2.75, 3.05) is 5.73 Å². The molecule has 1 aliphatic rings. The third kappa shape index (κ3) is 2.92. The molecule has 2 aromatic rings. The lowest BCUT2D eigenvalue weighted by atomic mass is 9.89. The number of hydrogen-bond acceptors (Lipinski definition) is 5. The minimum absolute atomic E-state index is 0.477. The van der Waals surface area contributed by atoms with Crippen LogP contribution in [0.3, 0.4) is 0 Å². The number of pyridine rings is 1. The first-order valence-corrected chi connectivity index (χ1v) is 6.84. The van der Waals surface area contributed by atoms with Gasteiger partial charge in [0.15, 0.2) is 5.82 Å². The van der Waals surface area contributed by atoms with E-state index in [-0.39, 0.29) is 0 Å². The second-order valence-corrected chi connectivity index (χ2v) is 5.14. The predicted molar refractivity (Wildman–Crippen MR) is 71.6 cm³/mol. The number of rotatable bonds is 3. The van der Waals surface area contributed by atoms with Gasteiger partial charge in [-0.05, 0) is 25.0 Å². The number of aromatic nitrogens is 3. The molecule has 2 aromatic heterocycles. The van der Waals surface area contributed by atoms with Crippen LogP contribution in [0.4, 0.5) is 5.69 Å². The topological polar surface area (TPSA) is 77.8 Å². The highest BCUT2D eigenvalue weighted by Crippen LogP contribution is 2.30. The number of nitrogen functional groups attached to an aromatic ring is 1. The van der Waals surface area contributed by atoms with E-state index in [1.54, 1.807) is 6.20 Å². The molecule has 0 radical (unpaired) electrons. The molecule has 0 atom stereocenters. The van der Waals surface area contributed by atoms with E-state index in [0.717, 1.165) is 11.5 Å². The van der Waals surface area contributed by atoms with Gasteiger partial charge in [-0.3, -0.25) is 4.98 Å². The summed E-state index contributed by atoms with van der Waals surface area (Å²) in [6.45, 7) is 0. The fraction of sp³-hybridized carbons (Fsp3) is 0.500. The SMILES string of the molecule is Nc1ccc(Cc2nc(C3CCCCC3)no2)nc1. The summed E-state index contributed by atoms with van der Waals surface area (Å²) in [4.78, 5) is 8.75. The van der Waals surface area contributed by atoms with Gasteiger partial charge in [0.2, 0.25) is 5.89 Å². The number of hydrogen-bond donors (Lipinski definition) is 1. The summed E-state index contributed by atoms with van der Waals surface area (Å²) in [5.41, 5.74) is 7.17. The van der Waals surface area contributed by atoms with Crippen LogP contribution in [0.25, 0.3) is 0 Å². The highest BCUT2D eigenvalue weighted by molar-refractivity contribution is 5.34. The van der Waals surface area contributed by atoms with Gasteiger partial charge in [-0.2, -0.15) is 4.98 Å². The van der Waals surface area contributed by atoms with Gasteiger partial charge in [0.25, 0.3) is 0 Å². The largest absolute Gasteiger partial charge is 0.397 e. The molecule has 0 aromatic carbocycles. The van der Waals surface area contributed by atoms with Crippen LogP contribution >= 0.6 is 0 Å². The predicted octanol–water partition coefficient (Wildman–Crippen LogP) is 2.69. The van der Waals surface area contributed by atoms with E-state index in [0.29, 0.717) is 23.9 Å². The molecule has 0 bridgehead atoms. The number of anilines is 1. The van der Waals surface area contributed by atoms with Crippen LogP contribution in [-0.2, 0) is 6.42 Å². The van der Waals surface area contributed by atoms with Crippen molar-refractivity contribution < 1.29 is 4.52 Å². The molecule has 1 saturated carbocycles. The summed E-state index contributed by atoms with van der Waals surface area (Å²) >= 11 is 0. The smallest absolute Gasteiger partial charge is 0.232 e. The lowest BCUT2D eigenvalue weighted by Crippen LogP contribution is -2.06. The van der Waals surface area contributed by atoms with Crippen LogP contribution in [0, 0.1) is 0 Å².